The topological polar surface area (TPSA) is 41.2 Å². The van der Waals surface area contributed by atoms with E-state index in [1.165, 1.54) is 0 Å². The van der Waals surface area contributed by atoms with Gasteiger partial charge < -0.3 is 10.1 Å². The molecule has 3 nitrogen and oxygen atoms in total. The van der Waals surface area contributed by atoms with Gasteiger partial charge in [-0.05, 0) is 12.8 Å². The second-order valence-electron chi connectivity index (χ2n) is 2.54. The fourth-order valence-electron chi connectivity index (χ4n) is 1.16. The number of hydrogen-bond donors (Lipinski definition) is 1. The van der Waals surface area contributed by atoms with Gasteiger partial charge in [0.05, 0.1) is 6.61 Å². The predicted octanol–water partition coefficient (Wildman–Crippen LogP) is 0.185. The summed E-state index contributed by atoms with van der Waals surface area (Å²) >= 11 is 0. The quantitative estimate of drug-likeness (QED) is 0.614. The highest BCUT2D eigenvalue weighted by Gasteiger charge is 2.11. The molecule has 0 saturated carbocycles. The standard InChI is InChI=1S/C7H14NO2/c9-4-3-8-7-1-5-10-6-2-7/h7-8H,1-6H2. The summed E-state index contributed by atoms with van der Waals surface area (Å²) in [6, 6.07) is 0.530. The van der Waals surface area contributed by atoms with E-state index in [-0.39, 0.29) is 6.61 Å². The third-order valence-electron chi connectivity index (χ3n) is 1.76. The highest BCUT2D eigenvalue weighted by molar-refractivity contribution is 4.69. The third-order valence-corrected chi connectivity index (χ3v) is 1.76. The fraction of sp³-hybridized carbons (Fsp3) is 1.00. The van der Waals surface area contributed by atoms with Gasteiger partial charge in [0.25, 0.3) is 0 Å². The molecular weight excluding hydrogens is 130 g/mol. The zero-order valence-corrected chi connectivity index (χ0v) is 6.14. The second kappa shape index (κ2) is 4.66. The monoisotopic (exact) mass is 144 g/mol. The second-order valence-corrected chi connectivity index (χ2v) is 2.54. The van der Waals surface area contributed by atoms with Crippen molar-refractivity contribution in [1.29, 1.82) is 0 Å². The minimum Gasteiger partial charge on any atom is -0.381 e. The maximum Gasteiger partial charge on any atom is 0.0946 e. The molecular formula is C7H14NO2. The van der Waals surface area contributed by atoms with Crippen LogP contribution in [0.15, 0.2) is 0 Å². The van der Waals surface area contributed by atoms with Crippen LogP contribution < -0.4 is 5.32 Å². The highest BCUT2D eigenvalue weighted by atomic mass is 16.5. The first-order chi connectivity index (χ1) is 4.93. The van der Waals surface area contributed by atoms with E-state index in [2.05, 4.69) is 5.32 Å². The van der Waals surface area contributed by atoms with Crippen LogP contribution >= 0.6 is 0 Å². The lowest BCUT2D eigenvalue weighted by Crippen LogP contribution is -2.36. The first-order valence-corrected chi connectivity index (χ1v) is 3.82. The molecule has 0 unspecified atom stereocenters. The Morgan fingerprint density at radius 1 is 1.40 bits per heavy atom. The normalized spacial score (nSPS) is 21.3. The molecule has 1 fully saturated rings. The van der Waals surface area contributed by atoms with Gasteiger partial charge in [0, 0.05) is 25.8 Å². The summed E-state index contributed by atoms with van der Waals surface area (Å²) in [7, 11) is 0. The molecule has 1 rings (SSSR count). The Labute approximate surface area is 61.4 Å². The fourth-order valence-corrected chi connectivity index (χ4v) is 1.16. The number of ether oxygens (including phenoxy) is 1. The van der Waals surface area contributed by atoms with Gasteiger partial charge >= 0.3 is 0 Å². The Morgan fingerprint density at radius 2 is 2.10 bits per heavy atom. The van der Waals surface area contributed by atoms with Gasteiger partial charge in [-0.15, -0.1) is 0 Å². The summed E-state index contributed by atoms with van der Waals surface area (Å²) < 4.78 is 5.16. The van der Waals surface area contributed by atoms with E-state index in [1.54, 1.807) is 0 Å². The molecule has 0 aromatic rings. The van der Waals surface area contributed by atoms with Gasteiger partial charge in [0.1, 0.15) is 0 Å². The van der Waals surface area contributed by atoms with Gasteiger partial charge in [0.15, 0.2) is 0 Å². The van der Waals surface area contributed by atoms with E-state index in [1.807, 2.05) is 0 Å². The summed E-state index contributed by atoms with van der Waals surface area (Å²) in [5.41, 5.74) is 0. The van der Waals surface area contributed by atoms with Crippen molar-refractivity contribution in [2.45, 2.75) is 18.9 Å². The summed E-state index contributed by atoms with van der Waals surface area (Å²) in [6.45, 7) is 2.27. The Bertz CT molecular complexity index is 81.7. The van der Waals surface area contributed by atoms with Crippen LogP contribution in [-0.2, 0) is 9.84 Å². The third kappa shape index (κ3) is 2.64. The van der Waals surface area contributed by atoms with Gasteiger partial charge in [-0.2, -0.15) is 0 Å². The van der Waals surface area contributed by atoms with Crippen LogP contribution in [0.25, 0.3) is 0 Å². The Morgan fingerprint density at radius 3 is 2.70 bits per heavy atom. The molecule has 0 atom stereocenters. The zero-order chi connectivity index (χ0) is 7.23. The van der Waals surface area contributed by atoms with E-state index in [9.17, 15) is 5.11 Å². The van der Waals surface area contributed by atoms with E-state index in [0.29, 0.717) is 12.6 Å². The molecule has 0 spiro atoms. The Balaban J connectivity index is 2.02. The van der Waals surface area contributed by atoms with Crippen molar-refractivity contribution in [3.8, 4) is 0 Å². The van der Waals surface area contributed by atoms with Gasteiger partial charge in [0.2, 0.25) is 0 Å². The summed E-state index contributed by atoms with van der Waals surface area (Å²) in [5, 5.41) is 13.3. The van der Waals surface area contributed by atoms with Crippen LogP contribution in [0.1, 0.15) is 12.8 Å². The molecule has 0 aromatic carbocycles. The Kier molecular flexibility index (Phi) is 3.72. The molecule has 1 saturated heterocycles. The average molecular weight is 144 g/mol. The smallest absolute Gasteiger partial charge is 0.0946 e. The Hall–Kier alpha value is -0.120. The molecule has 1 aliphatic heterocycles. The minimum absolute atomic E-state index is 0.0165. The van der Waals surface area contributed by atoms with Crippen molar-refractivity contribution in [1.82, 2.24) is 5.32 Å². The lowest BCUT2D eigenvalue weighted by Gasteiger charge is -2.22. The molecule has 59 valence electrons. The maximum atomic E-state index is 10.1. The maximum absolute atomic E-state index is 10.1. The average Bonchev–Trinajstić information content (AvgIpc) is 2.03. The lowest BCUT2D eigenvalue weighted by atomic mass is 10.1. The van der Waals surface area contributed by atoms with Crippen molar-refractivity contribution < 1.29 is 9.84 Å². The minimum atomic E-state index is -0.0165. The van der Waals surface area contributed by atoms with Crippen LogP contribution in [0, 0.1) is 0 Å². The molecule has 1 heterocycles. The van der Waals surface area contributed by atoms with Gasteiger partial charge in [-0.3, -0.25) is 0 Å². The number of rotatable bonds is 3. The molecule has 1 N–H and O–H groups in total. The van der Waals surface area contributed by atoms with E-state index >= 15 is 0 Å². The van der Waals surface area contributed by atoms with Crippen molar-refractivity contribution in [3.05, 3.63) is 0 Å². The molecule has 0 bridgehead atoms. The largest absolute Gasteiger partial charge is 0.381 e. The van der Waals surface area contributed by atoms with Crippen molar-refractivity contribution in [3.63, 3.8) is 0 Å². The van der Waals surface area contributed by atoms with Crippen LogP contribution in [0.3, 0.4) is 0 Å². The van der Waals surface area contributed by atoms with Gasteiger partial charge in [-0.25, -0.2) is 5.11 Å². The van der Waals surface area contributed by atoms with Crippen LogP contribution in [0.4, 0.5) is 0 Å². The zero-order valence-electron chi connectivity index (χ0n) is 6.14. The first-order valence-electron chi connectivity index (χ1n) is 3.82. The number of nitrogens with one attached hydrogen (secondary N) is 1. The number of hydrogen-bond acceptors (Lipinski definition) is 2. The van der Waals surface area contributed by atoms with E-state index in [0.717, 1.165) is 26.1 Å². The first kappa shape index (κ1) is 7.98. The molecule has 1 radical (unpaired) electrons. The summed E-state index contributed by atoms with van der Waals surface area (Å²) in [5.74, 6) is 0. The molecule has 0 aliphatic carbocycles. The predicted molar refractivity (Wildman–Crippen MR) is 37.4 cm³/mol. The van der Waals surface area contributed by atoms with E-state index < -0.39 is 0 Å². The van der Waals surface area contributed by atoms with Crippen molar-refractivity contribution >= 4 is 0 Å². The highest BCUT2D eigenvalue weighted by Crippen LogP contribution is 2.04. The van der Waals surface area contributed by atoms with Crippen LogP contribution in [0.5, 0.6) is 0 Å². The van der Waals surface area contributed by atoms with Crippen molar-refractivity contribution in [2.24, 2.45) is 0 Å². The molecule has 1 aliphatic rings. The SMILES string of the molecule is [O]CCNC1CCOCC1. The molecule has 3 heteroatoms. The summed E-state index contributed by atoms with van der Waals surface area (Å²) in [6.07, 6.45) is 2.11. The molecule has 0 amide bonds. The van der Waals surface area contributed by atoms with Crippen LogP contribution in [-0.4, -0.2) is 32.4 Å². The summed E-state index contributed by atoms with van der Waals surface area (Å²) in [4.78, 5) is 0. The van der Waals surface area contributed by atoms with Crippen molar-refractivity contribution in [2.75, 3.05) is 26.4 Å². The van der Waals surface area contributed by atoms with E-state index in [4.69, 9.17) is 4.74 Å². The van der Waals surface area contributed by atoms with Gasteiger partial charge in [-0.1, -0.05) is 0 Å². The molecule has 0 aromatic heterocycles. The van der Waals surface area contributed by atoms with Crippen LogP contribution in [0.2, 0.25) is 0 Å². The lowest BCUT2D eigenvalue weighted by molar-refractivity contribution is 0.0750. The molecule has 10 heavy (non-hydrogen) atoms.